The molecule has 0 bridgehead atoms. The van der Waals surface area contributed by atoms with Gasteiger partial charge in [0.2, 0.25) is 5.13 Å². The number of anilines is 1. The highest BCUT2D eigenvalue weighted by molar-refractivity contribution is 7.15. The molecule has 0 saturated heterocycles. The van der Waals surface area contributed by atoms with Crippen molar-refractivity contribution in [2.75, 3.05) is 12.4 Å². The van der Waals surface area contributed by atoms with Crippen LogP contribution < -0.4 is 5.32 Å². The first-order valence-electron chi connectivity index (χ1n) is 6.62. The van der Waals surface area contributed by atoms with Crippen LogP contribution in [0.3, 0.4) is 0 Å². The Morgan fingerprint density at radius 2 is 1.95 bits per heavy atom. The Hall–Kier alpha value is -2.51. The van der Waals surface area contributed by atoms with Gasteiger partial charge in [0.05, 0.1) is 0 Å². The normalized spacial score (nSPS) is 10.6. The Morgan fingerprint density at radius 1 is 1.23 bits per heavy atom. The molecule has 2 heterocycles. The molecule has 0 aliphatic rings. The number of ether oxygens (including phenoxy) is 1. The van der Waals surface area contributed by atoms with Crippen LogP contribution in [0, 0.1) is 0 Å². The van der Waals surface area contributed by atoms with Crippen molar-refractivity contribution >= 4 is 22.4 Å². The fraction of sp³-hybridized carbons (Fsp3) is 0.133. The van der Waals surface area contributed by atoms with Crippen molar-refractivity contribution in [3.8, 4) is 5.69 Å². The number of hydrogen-bond acceptors (Lipinski definition) is 5. The minimum Gasteiger partial charge on any atom is -0.377 e. The number of hydrogen-bond donors (Lipinski definition) is 1. The minimum atomic E-state index is -0.209. The summed E-state index contributed by atoms with van der Waals surface area (Å²) in [6.07, 6.45) is 3.90. The van der Waals surface area contributed by atoms with E-state index in [9.17, 15) is 4.79 Å². The number of methoxy groups -OCH3 is 1. The topological polar surface area (TPSA) is 69.0 Å². The van der Waals surface area contributed by atoms with E-state index in [0.717, 1.165) is 10.7 Å². The summed E-state index contributed by atoms with van der Waals surface area (Å²) < 4.78 is 6.95. The highest BCUT2D eigenvalue weighted by Gasteiger charge is 2.10. The number of benzene rings is 1. The molecule has 1 N–H and O–H groups in total. The average molecular weight is 314 g/mol. The fourth-order valence-corrected chi connectivity index (χ4v) is 2.65. The molecule has 0 unspecified atom stereocenters. The second-order valence-electron chi connectivity index (χ2n) is 4.53. The molecule has 1 aromatic carbocycles. The standard InChI is InChI=1S/C15H14N4O2S/c1-21-10-13-17-18-15(22-13)16-14(20)11-4-6-12(7-5-11)19-8-2-3-9-19/h2-9H,10H2,1H3,(H,16,18,20). The molecule has 7 heteroatoms. The molecular formula is C15H14N4O2S. The van der Waals surface area contributed by atoms with Crippen molar-refractivity contribution in [1.82, 2.24) is 14.8 Å². The van der Waals surface area contributed by atoms with Gasteiger partial charge in [0.15, 0.2) is 0 Å². The van der Waals surface area contributed by atoms with Gasteiger partial charge in [-0.25, -0.2) is 0 Å². The lowest BCUT2D eigenvalue weighted by atomic mass is 10.2. The zero-order valence-corrected chi connectivity index (χ0v) is 12.7. The lowest BCUT2D eigenvalue weighted by Crippen LogP contribution is -2.11. The number of carbonyl (C=O) groups excluding carboxylic acids is 1. The molecule has 0 atom stereocenters. The van der Waals surface area contributed by atoms with Gasteiger partial charge in [0, 0.05) is 30.8 Å². The average Bonchev–Trinajstić information content (AvgIpc) is 3.20. The van der Waals surface area contributed by atoms with Gasteiger partial charge in [-0.3, -0.25) is 10.1 Å². The monoisotopic (exact) mass is 314 g/mol. The van der Waals surface area contributed by atoms with Gasteiger partial charge in [-0.1, -0.05) is 11.3 Å². The van der Waals surface area contributed by atoms with Crippen molar-refractivity contribution < 1.29 is 9.53 Å². The number of rotatable bonds is 5. The summed E-state index contributed by atoms with van der Waals surface area (Å²) in [5.74, 6) is -0.209. The van der Waals surface area contributed by atoms with Crippen molar-refractivity contribution in [2.45, 2.75) is 6.61 Å². The van der Waals surface area contributed by atoms with Crippen LogP contribution in [0.2, 0.25) is 0 Å². The third-order valence-electron chi connectivity index (χ3n) is 2.99. The second-order valence-corrected chi connectivity index (χ2v) is 5.59. The molecule has 0 spiro atoms. The van der Waals surface area contributed by atoms with Gasteiger partial charge in [-0.05, 0) is 36.4 Å². The summed E-state index contributed by atoms with van der Waals surface area (Å²) in [7, 11) is 1.59. The largest absolute Gasteiger partial charge is 0.377 e. The van der Waals surface area contributed by atoms with E-state index in [0.29, 0.717) is 17.3 Å². The Balaban J connectivity index is 1.69. The summed E-state index contributed by atoms with van der Waals surface area (Å²) >= 11 is 1.30. The maximum atomic E-state index is 12.2. The molecule has 2 aromatic heterocycles. The molecule has 0 aliphatic carbocycles. The van der Waals surface area contributed by atoms with Gasteiger partial charge >= 0.3 is 0 Å². The highest BCUT2D eigenvalue weighted by atomic mass is 32.1. The number of nitrogens with one attached hydrogen (secondary N) is 1. The molecule has 1 amide bonds. The molecule has 6 nitrogen and oxygen atoms in total. The van der Waals surface area contributed by atoms with Crippen molar-refractivity contribution in [3.63, 3.8) is 0 Å². The summed E-state index contributed by atoms with van der Waals surface area (Å²) in [6.45, 7) is 0.388. The molecule has 3 rings (SSSR count). The third-order valence-corrected chi connectivity index (χ3v) is 3.80. The summed E-state index contributed by atoms with van der Waals surface area (Å²) in [5, 5.41) is 11.8. The second kappa shape index (κ2) is 6.50. The van der Waals surface area contributed by atoms with Gasteiger partial charge in [0.1, 0.15) is 11.6 Å². The quantitative estimate of drug-likeness (QED) is 0.786. The Morgan fingerprint density at radius 3 is 2.64 bits per heavy atom. The number of amides is 1. The fourth-order valence-electron chi connectivity index (χ4n) is 1.95. The van der Waals surface area contributed by atoms with Gasteiger partial charge in [0.25, 0.3) is 5.91 Å². The first-order chi connectivity index (χ1) is 10.8. The van der Waals surface area contributed by atoms with Gasteiger partial charge in [-0.15, -0.1) is 10.2 Å². The van der Waals surface area contributed by atoms with E-state index >= 15 is 0 Å². The Kier molecular flexibility index (Phi) is 4.27. The lowest BCUT2D eigenvalue weighted by molar-refractivity contribution is 0.102. The van der Waals surface area contributed by atoms with Crippen LogP contribution in [0.4, 0.5) is 5.13 Å². The van der Waals surface area contributed by atoms with Crippen LogP contribution >= 0.6 is 11.3 Å². The maximum absolute atomic E-state index is 12.2. The van der Waals surface area contributed by atoms with Crippen LogP contribution in [-0.4, -0.2) is 27.8 Å². The molecule has 0 saturated carbocycles. The van der Waals surface area contributed by atoms with Crippen molar-refractivity contribution in [1.29, 1.82) is 0 Å². The van der Waals surface area contributed by atoms with E-state index in [1.807, 2.05) is 41.2 Å². The molecular weight excluding hydrogens is 300 g/mol. The SMILES string of the molecule is COCc1nnc(NC(=O)c2ccc(-n3cccc3)cc2)s1. The first kappa shape index (κ1) is 14.4. The van der Waals surface area contributed by atoms with E-state index in [1.165, 1.54) is 11.3 Å². The predicted octanol–water partition coefficient (Wildman–Crippen LogP) is 2.73. The summed E-state index contributed by atoms with van der Waals surface area (Å²) in [5.41, 5.74) is 1.57. The van der Waals surface area contributed by atoms with E-state index in [-0.39, 0.29) is 5.91 Å². The number of carbonyl (C=O) groups is 1. The van der Waals surface area contributed by atoms with Crippen LogP contribution in [0.5, 0.6) is 0 Å². The molecule has 22 heavy (non-hydrogen) atoms. The maximum Gasteiger partial charge on any atom is 0.257 e. The predicted molar refractivity (Wildman–Crippen MR) is 84.3 cm³/mol. The number of nitrogens with zero attached hydrogens (tertiary/aromatic N) is 3. The van der Waals surface area contributed by atoms with Gasteiger partial charge in [-0.2, -0.15) is 0 Å². The molecule has 0 fully saturated rings. The van der Waals surface area contributed by atoms with Crippen molar-refractivity contribution in [3.05, 3.63) is 59.4 Å². The zero-order chi connectivity index (χ0) is 15.4. The van der Waals surface area contributed by atoms with Crippen LogP contribution in [-0.2, 0) is 11.3 Å². The first-order valence-corrected chi connectivity index (χ1v) is 7.44. The third kappa shape index (κ3) is 3.21. The van der Waals surface area contributed by atoms with E-state index in [2.05, 4.69) is 15.5 Å². The summed E-state index contributed by atoms with van der Waals surface area (Å²) in [4.78, 5) is 12.2. The molecule has 0 radical (unpaired) electrons. The van der Waals surface area contributed by atoms with Crippen LogP contribution in [0.1, 0.15) is 15.4 Å². The van der Waals surface area contributed by atoms with Crippen LogP contribution in [0.25, 0.3) is 5.69 Å². The van der Waals surface area contributed by atoms with E-state index in [4.69, 9.17) is 4.74 Å². The molecule has 3 aromatic rings. The zero-order valence-electron chi connectivity index (χ0n) is 11.9. The van der Waals surface area contributed by atoms with Crippen molar-refractivity contribution in [2.24, 2.45) is 0 Å². The van der Waals surface area contributed by atoms with Crippen LogP contribution in [0.15, 0.2) is 48.8 Å². The number of aromatic nitrogens is 3. The highest BCUT2D eigenvalue weighted by Crippen LogP contribution is 2.17. The minimum absolute atomic E-state index is 0.209. The van der Waals surface area contributed by atoms with E-state index in [1.54, 1.807) is 19.2 Å². The Bertz CT molecular complexity index is 750. The molecule has 0 aliphatic heterocycles. The van der Waals surface area contributed by atoms with E-state index < -0.39 is 0 Å². The Labute approximate surface area is 131 Å². The lowest BCUT2D eigenvalue weighted by Gasteiger charge is -2.05. The smallest absolute Gasteiger partial charge is 0.257 e. The van der Waals surface area contributed by atoms with Gasteiger partial charge < -0.3 is 9.30 Å². The molecule has 112 valence electrons. The summed E-state index contributed by atoms with van der Waals surface area (Å²) in [6, 6.07) is 11.3.